The van der Waals surface area contributed by atoms with Crippen LogP contribution in [0.25, 0.3) is 0 Å². The molecule has 0 amide bonds. The van der Waals surface area contributed by atoms with Crippen molar-refractivity contribution in [2.24, 2.45) is 5.73 Å². The van der Waals surface area contributed by atoms with E-state index >= 15 is 0 Å². The molecule has 1 aromatic carbocycles. The summed E-state index contributed by atoms with van der Waals surface area (Å²) in [6.45, 7) is 5.48. The smallest absolute Gasteiger partial charge is 0.123 e. The Hall–Kier alpha value is -1.30. The molecule has 0 spiro atoms. The molecular weight excluding hydrogens is 268 g/mol. The first-order chi connectivity index (χ1) is 10.2. The van der Waals surface area contributed by atoms with Crippen LogP contribution in [0.4, 0.5) is 0 Å². The van der Waals surface area contributed by atoms with E-state index in [-0.39, 0.29) is 6.04 Å². The Morgan fingerprint density at radius 2 is 2.19 bits per heavy atom. The Bertz CT molecular complexity index is 453. The Labute approximate surface area is 127 Å². The number of benzene rings is 1. The van der Waals surface area contributed by atoms with Crippen LogP contribution >= 0.6 is 0 Å². The van der Waals surface area contributed by atoms with Crippen molar-refractivity contribution in [3.8, 4) is 11.5 Å². The number of ether oxygens (including phenoxy) is 3. The van der Waals surface area contributed by atoms with Gasteiger partial charge in [0.1, 0.15) is 11.5 Å². The van der Waals surface area contributed by atoms with Crippen molar-refractivity contribution < 1.29 is 14.2 Å². The number of morpholine rings is 1. The highest BCUT2D eigenvalue weighted by atomic mass is 16.5. The molecule has 5 nitrogen and oxygen atoms in total. The summed E-state index contributed by atoms with van der Waals surface area (Å²) in [5.41, 5.74) is 7.41. The molecule has 0 bridgehead atoms. The molecular formula is C16H26N2O3. The summed E-state index contributed by atoms with van der Waals surface area (Å²) in [6.07, 6.45) is 1.07. The fourth-order valence-corrected chi connectivity index (χ4v) is 2.79. The van der Waals surface area contributed by atoms with Gasteiger partial charge in [-0.3, -0.25) is 4.90 Å². The average Bonchev–Trinajstić information content (AvgIpc) is 2.54. The van der Waals surface area contributed by atoms with Crippen LogP contribution in [0.1, 0.15) is 24.9 Å². The first kappa shape index (κ1) is 16.1. The first-order valence-corrected chi connectivity index (χ1v) is 7.48. The highest BCUT2D eigenvalue weighted by molar-refractivity contribution is 5.42. The van der Waals surface area contributed by atoms with E-state index in [1.807, 2.05) is 18.2 Å². The fourth-order valence-electron chi connectivity index (χ4n) is 2.79. The molecule has 2 atom stereocenters. The van der Waals surface area contributed by atoms with Crippen LogP contribution in [0.15, 0.2) is 18.2 Å². The topological polar surface area (TPSA) is 57.0 Å². The summed E-state index contributed by atoms with van der Waals surface area (Å²) >= 11 is 0. The summed E-state index contributed by atoms with van der Waals surface area (Å²) in [7, 11) is 3.33. The molecule has 21 heavy (non-hydrogen) atoms. The van der Waals surface area contributed by atoms with Crippen LogP contribution in [0.3, 0.4) is 0 Å². The fraction of sp³-hybridized carbons (Fsp3) is 0.625. The third-order valence-corrected chi connectivity index (χ3v) is 4.09. The Morgan fingerprint density at radius 1 is 1.38 bits per heavy atom. The zero-order chi connectivity index (χ0) is 15.2. The minimum absolute atomic E-state index is 0.109. The minimum atomic E-state index is -0.109. The van der Waals surface area contributed by atoms with Crippen molar-refractivity contribution in [3.63, 3.8) is 0 Å². The number of methoxy groups -OCH3 is 2. The van der Waals surface area contributed by atoms with Gasteiger partial charge in [0.05, 0.1) is 27.4 Å². The number of rotatable bonds is 6. The minimum Gasteiger partial charge on any atom is -0.497 e. The Kier molecular flexibility index (Phi) is 5.85. The highest BCUT2D eigenvalue weighted by Crippen LogP contribution is 2.29. The number of hydrogen-bond acceptors (Lipinski definition) is 5. The summed E-state index contributed by atoms with van der Waals surface area (Å²) in [5, 5.41) is 0. The van der Waals surface area contributed by atoms with Crippen LogP contribution in [0, 0.1) is 0 Å². The summed E-state index contributed by atoms with van der Waals surface area (Å²) in [5.74, 6) is 1.61. The average molecular weight is 294 g/mol. The van der Waals surface area contributed by atoms with Gasteiger partial charge >= 0.3 is 0 Å². The normalized spacial score (nSPS) is 21.0. The molecule has 5 heteroatoms. The quantitative estimate of drug-likeness (QED) is 0.867. The van der Waals surface area contributed by atoms with Gasteiger partial charge in [-0.15, -0.1) is 0 Å². The van der Waals surface area contributed by atoms with E-state index in [4.69, 9.17) is 19.9 Å². The van der Waals surface area contributed by atoms with E-state index in [1.165, 1.54) is 0 Å². The second-order valence-corrected chi connectivity index (χ2v) is 5.35. The van der Waals surface area contributed by atoms with Gasteiger partial charge in [0.15, 0.2) is 0 Å². The Morgan fingerprint density at radius 3 is 2.86 bits per heavy atom. The SMILES string of the molecule is CCC1COCCN1CC(N)c1cc(OC)ccc1OC. The lowest BCUT2D eigenvalue weighted by atomic mass is 10.0. The molecule has 0 aliphatic carbocycles. The van der Waals surface area contributed by atoms with Crippen molar-refractivity contribution in [3.05, 3.63) is 23.8 Å². The molecule has 118 valence electrons. The largest absolute Gasteiger partial charge is 0.497 e. The lowest BCUT2D eigenvalue weighted by molar-refractivity contribution is -0.0111. The van der Waals surface area contributed by atoms with E-state index in [2.05, 4.69) is 11.8 Å². The van der Waals surface area contributed by atoms with Crippen LogP contribution in [0.2, 0.25) is 0 Å². The molecule has 0 radical (unpaired) electrons. The second kappa shape index (κ2) is 7.64. The third kappa shape index (κ3) is 3.87. The second-order valence-electron chi connectivity index (χ2n) is 5.35. The molecule has 2 rings (SSSR count). The molecule has 0 aromatic heterocycles. The summed E-state index contributed by atoms with van der Waals surface area (Å²) in [6, 6.07) is 6.09. The maximum Gasteiger partial charge on any atom is 0.123 e. The molecule has 2 N–H and O–H groups in total. The van der Waals surface area contributed by atoms with Crippen LogP contribution in [-0.4, -0.2) is 51.5 Å². The standard InChI is InChI=1S/C16H26N2O3/c1-4-12-11-21-8-7-18(12)10-15(17)14-9-13(19-2)5-6-16(14)20-3/h5-6,9,12,15H,4,7-8,10-11,17H2,1-3H3. The van der Waals surface area contributed by atoms with E-state index in [0.717, 1.165) is 49.8 Å². The van der Waals surface area contributed by atoms with Gasteiger partial charge < -0.3 is 19.9 Å². The van der Waals surface area contributed by atoms with Crippen molar-refractivity contribution in [1.82, 2.24) is 4.90 Å². The summed E-state index contributed by atoms with van der Waals surface area (Å²) in [4.78, 5) is 2.41. The first-order valence-electron chi connectivity index (χ1n) is 7.48. The van der Waals surface area contributed by atoms with Crippen LogP contribution in [-0.2, 0) is 4.74 Å². The van der Waals surface area contributed by atoms with Gasteiger partial charge in [-0.05, 0) is 24.6 Å². The van der Waals surface area contributed by atoms with Crippen molar-refractivity contribution in [2.45, 2.75) is 25.4 Å². The van der Waals surface area contributed by atoms with Gasteiger partial charge in [-0.25, -0.2) is 0 Å². The van der Waals surface area contributed by atoms with Crippen LogP contribution in [0.5, 0.6) is 11.5 Å². The van der Waals surface area contributed by atoms with Gasteiger partial charge in [0.2, 0.25) is 0 Å². The monoisotopic (exact) mass is 294 g/mol. The van der Waals surface area contributed by atoms with Crippen molar-refractivity contribution in [2.75, 3.05) is 40.5 Å². The zero-order valence-electron chi connectivity index (χ0n) is 13.2. The molecule has 1 saturated heterocycles. The van der Waals surface area contributed by atoms with Gasteiger partial charge in [-0.2, -0.15) is 0 Å². The maximum atomic E-state index is 6.42. The van der Waals surface area contributed by atoms with Gasteiger partial charge in [-0.1, -0.05) is 6.92 Å². The van der Waals surface area contributed by atoms with E-state index < -0.39 is 0 Å². The molecule has 1 aliphatic rings. The van der Waals surface area contributed by atoms with E-state index in [0.29, 0.717) is 6.04 Å². The third-order valence-electron chi connectivity index (χ3n) is 4.09. The summed E-state index contributed by atoms with van der Waals surface area (Å²) < 4.78 is 16.3. The number of hydrogen-bond donors (Lipinski definition) is 1. The van der Waals surface area contributed by atoms with Crippen molar-refractivity contribution in [1.29, 1.82) is 0 Å². The molecule has 1 aliphatic heterocycles. The molecule has 2 unspecified atom stereocenters. The Balaban J connectivity index is 2.13. The molecule has 0 saturated carbocycles. The molecule has 1 heterocycles. The van der Waals surface area contributed by atoms with Gasteiger partial charge in [0.25, 0.3) is 0 Å². The van der Waals surface area contributed by atoms with Gasteiger partial charge in [0, 0.05) is 30.7 Å². The predicted octanol–water partition coefficient (Wildman–Crippen LogP) is 1.81. The van der Waals surface area contributed by atoms with E-state index in [9.17, 15) is 0 Å². The highest BCUT2D eigenvalue weighted by Gasteiger charge is 2.24. The lowest BCUT2D eigenvalue weighted by Crippen LogP contribution is -2.47. The predicted molar refractivity (Wildman–Crippen MR) is 82.9 cm³/mol. The molecule has 1 aromatic rings. The number of nitrogens with zero attached hydrogens (tertiary/aromatic N) is 1. The van der Waals surface area contributed by atoms with Crippen molar-refractivity contribution >= 4 is 0 Å². The lowest BCUT2D eigenvalue weighted by Gasteiger charge is -2.36. The zero-order valence-corrected chi connectivity index (χ0v) is 13.2. The maximum absolute atomic E-state index is 6.42. The van der Waals surface area contributed by atoms with Crippen LogP contribution < -0.4 is 15.2 Å². The number of nitrogens with two attached hydrogens (primary N) is 1. The van der Waals surface area contributed by atoms with E-state index in [1.54, 1.807) is 14.2 Å². The molecule has 1 fully saturated rings.